The zero-order valence-electron chi connectivity index (χ0n) is 13.5. The van der Waals surface area contributed by atoms with Gasteiger partial charge in [-0.1, -0.05) is 66.2 Å². The van der Waals surface area contributed by atoms with Gasteiger partial charge in [0, 0.05) is 6.42 Å². The minimum Gasteiger partial charge on any atom is -0.466 e. The molecule has 0 saturated carbocycles. The molecule has 0 spiro atoms. The maximum absolute atomic E-state index is 11.6. The summed E-state index contributed by atoms with van der Waals surface area (Å²) in [6.07, 6.45) is 10.2. The number of rotatable bonds is 12. The number of ether oxygens (including phenoxy) is 1. The highest BCUT2D eigenvalue weighted by Gasteiger charge is 2.11. The SMILES string of the molecule is CCCCCC(CCC)CCC(=O)OCCC(C)C. The highest BCUT2D eigenvalue weighted by Crippen LogP contribution is 2.21. The predicted molar refractivity (Wildman–Crippen MR) is 82.2 cm³/mol. The van der Waals surface area contributed by atoms with Crippen LogP contribution in [0.4, 0.5) is 0 Å². The van der Waals surface area contributed by atoms with Crippen LogP contribution in [0.25, 0.3) is 0 Å². The summed E-state index contributed by atoms with van der Waals surface area (Å²) >= 11 is 0. The molecule has 0 heterocycles. The van der Waals surface area contributed by atoms with Crippen LogP contribution in [-0.4, -0.2) is 12.6 Å². The molecular weight excluding hydrogens is 236 g/mol. The van der Waals surface area contributed by atoms with Gasteiger partial charge in [0.05, 0.1) is 6.61 Å². The summed E-state index contributed by atoms with van der Waals surface area (Å²) < 4.78 is 5.27. The zero-order chi connectivity index (χ0) is 14.5. The van der Waals surface area contributed by atoms with E-state index >= 15 is 0 Å². The fourth-order valence-electron chi connectivity index (χ4n) is 2.33. The summed E-state index contributed by atoms with van der Waals surface area (Å²) in [6, 6.07) is 0. The number of carbonyl (C=O) groups excluding carboxylic acids is 1. The third kappa shape index (κ3) is 12.3. The second-order valence-electron chi connectivity index (χ2n) is 6.09. The molecule has 0 radical (unpaired) electrons. The van der Waals surface area contributed by atoms with Gasteiger partial charge in [-0.15, -0.1) is 0 Å². The second-order valence-corrected chi connectivity index (χ2v) is 6.09. The minimum atomic E-state index is -0.00255. The van der Waals surface area contributed by atoms with Crippen molar-refractivity contribution in [3.8, 4) is 0 Å². The van der Waals surface area contributed by atoms with Crippen molar-refractivity contribution in [2.24, 2.45) is 11.8 Å². The van der Waals surface area contributed by atoms with E-state index in [2.05, 4.69) is 27.7 Å². The van der Waals surface area contributed by atoms with Crippen molar-refractivity contribution in [2.45, 2.75) is 85.5 Å². The molecule has 0 aromatic carbocycles. The first-order chi connectivity index (χ1) is 9.10. The zero-order valence-corrected chi connectivity index (χ0v) is 13.5. The van der Waals surface area contributed by atoms with Crippen molar-refractivity contribution in [2.75, 3.05) is 6.61 Å². The lowest BCUT2D eigenvalue weighted by atomic mass is 9.92. The van der Waals surface area contributed by atoms with Gasteiger partial charge < -0.3 is 4.74 Å². The van der Waals surface area contributed by atoms with Crippen LogP contribution in [0.15, 0.2) is 0 Å². The molecule has 2 nitrogen and oxygen atoms in total. The van der Waals surface area contributed by atoms with Gasteiger partial charge in [-0.3, -0.25) is 4.79 Å². The van der Waals surface area contributed by atoms with Crippen LogP contribution in [0.2, 0.25) is 0 Å². The Bertz CT molecular complexity index is 211. The first-order valence-electron chi connectivity index (χ1n) is 8.25. The van der Waals surface area contributed by atoms with E-state index in [9.17, 15) is 4.79 Å². The molecule has 0 saturated heterocycles. The van der Waals surface area contributed by atoms with Crippen LogP contribution in [0.3, 0.4) is 0 Å². The van der Waals surface area contributed by atoms with Crippen LogP contribution < -0.4 is 0 Å². The van der Waals surface area contributed by atoms with Gasteiger partial charge in [-0.2, -0.15) is 0 Å². The summed E-state index contributed by atoms with van der Waals surface area (Å²) in [6.45, 7) is 9.36. The third-order valence-corrected chi connectivity index (χ3v) is 3.63. The molecule has 0 rings (SSSR count). The first-order valence-corrected chi connectivity index (χ1v) is 8.25. The molecule has 1 unspecified atom stereocenters. The molecular formula is C17H34O2. The highest BCUT2D eigenvalue weighted by atomic mass is 16.5. The van der Waals surface area contributed by atoms with E-state index in [1.807, 2.05) is 0 Å². The minimum absolute atomic E-state index is 0.00255. The highest BCUT2D eigenvalue weighted by molar-refractivity contribution is 5.69. The lowest BCUT2D eigenvalue weighted by molar-refractivity contribution is -0.144. The van der Waals surface area contributed by atoms with Crippen LogP contribution in [0, 0.1) is 11.8 Å². The maximum atomic E-state index is 11.6. The normalized spacial score (nSPS) is 12.7. The van der Waals surface area contributed by atoms with Crippen molar-refractivity contribution < 1.29 is 9.53 Å². The van der Waals surface area contributed by atoms with E-state index in [4.69, 9.17) is 4.74 Å². The predicted octanol–water partition coefficient (Wildman–Crippen LogP) is 5.35. The molecule has 0 aliphatic heterocycles. The van der Waals surface area contributed by atoms with E-state index in [1.54, 1.807) is 0 Å². The number of unbranched alkanes of at least 4 members (excludes halogenated alkanes) is 2. The molecule has 0 aromatic heterocycles. The molecule has 0 aliphatic carbocycles. The van der Waals surface area contributed by atoms with Crippen LogP contribution in [0.5, 0.6) is 0 Å². The van der Waals surface area contributed by atoms with Gasteiger partial charge in [-0.05, 0) is 24.7 Å². The number of carbonyl (C=O) groups is 1. The molecule has 0 fully saturated rings. The Kier molecular flexibility index (Phi) is 12.2. The Hall–Kier alpha value is -0.530. The van der Waals surface area contributed by atoms with Crippen molar-refractivity contribution in [1.29, 1.82) is 0 Å². The summed E-state index contributed by atoms with van der Waals surface area (Å²) in [5.74, 6) is 1.32. The standard InChI is InChI=1S/C17H34O2/c1-5-7-8-10-16(9-6-2)11-12-17(18)19-14-13-15(3)4/h15-16H,5-14H2,1-4H3. The molecule has 114 valence electrons. The van der Waals surface area contributed by atoms with E-state index in [-0.39, 0.29) is 5.97 Å². The molecule has 0 aromatic rings. The molecule has 19 heavy (non-hydrogen) atoms. The topological polar surface area (TPSA) is 26.3 Å². The van der Waals surface area contributed by atoms with E-state index < -0.39 is 0 Å². The molecule has 1 atom stereocenters. The van der Waals surface area contributed by atoms with Gasteiger partial charge in [0.2, 0.25) is 0 Å². The Balaban J connectivity index is 3.73. The second kappa shape index (κ2) is 12.5. The molecule has 2 heteroatoms. The van der Waals surface area contributed by atoms with Gasteiger partial charge >= 0.3 is 5.97 Å². The van der Waals surface area contributed by atoms with Gasteiger partial charge in [0.1, 0.15) is 0 Å². The van der Waals surface area contributed by atoms with Crippen LogP contribution in [-0.2, 0) is 9.53 Å². The Morgan fingerprint density at radius 3 is 2.26 bits per heavy atom. The summed E-state index contributed by atoms with van der Waals surface area (Å²) in [5.41, 5.74) is 0. The van der Waals surface area contributed by atoms with Gasteiger partial charge in [0.25, 0.3) is 0 Å². The van der Waals surface area contributed by atoms with Crippen molar-refractivity contribution in [3.05, 3.63) is 0 Å². The molecule has 0 amide bonds. The number of hydrogen-bond donors (Lipinski definition) is 0. The van der Waals surface area contributed by atoms with Crippen molar-refractivity contribution in [1.82, 2.24) is 0 Å². The summed E-state index contributed by atoms with van der Waals surface area (Å²) in [7, 11) is 0. The van der Waals surface area contributed by atoms with Crippen molar-refractivity contribution in [3.63, 3.8) is 0 Å². The number of esters is 1. The smallest absolute Gasteiger partial charge is 0.305 e. The Morgan fingerprint density at radius 2 is 1.68 bits per heavy atom. The Labute approximate surface area is 120 Å². The monoisotopic (exact) mass is 270 g/mol. The van der Waals surface area contributed by atoms with Crippen molar-refractivity contribution >= 4 is 5.97 Å². The molecule has 0 aliphatic rings. The van der Waals surface area contributed by atoms with Gasteiger partial charge in [0.15, 0.2) is 0 Å². The lowest BCUT2D eigenvalue weighted by Gasteiger charge is -2.15. The molecule has 0 bridgehead atoms. The fourth-order valence-corrected chi connectivity index (χ4v) is 2.33. The lowest BCUT2D eigenvalue weighted by Crippen LogP contribution is -2.10. The summed E-state index contributed by atoms with van der Waals surface area (Å²) in [5, 5.41) is 0. The van der Waals surface area contributed by atoms with E-state index in [1.165, 1.54) is 38.5 Å². The quantitative estimate of drug-likeness (QED) is 0.353. The van der Waals surface area contributed by atoms with E-state index in [0.717, 1.165) is 12.8 Å². The first kappa shape index (κ1) is 18.5. The molecule has 0 N–H and O–H groups in total. The van der Waals surface area contributed by atoms with Crippen LogP contribution in [0.1, 0.15) is 85.5 Å². The average molecular weight is 270 g/mol. The largest absolute Gasteiger partial charge is 0.466 e. The number of hydrogen-bond acceptors (Lipinski definition) is 2. The average Bonchev–Trinajstić information content (AvgIpc) is 2.35. The van der Waals surface area contributed by atoms with Gasteiger partial charge in [-0.25, -0.2) is 0 Å². The third-order valence-electron chi connectivity index (χ3n) is 3.63. The summed E-state index contributed by atoms with van der Waals surface area (Å²) in [4.78, 5) is 11.6. The maximum Gasteiger partial charge on any atom is 0.305 e. The van der Waals surface area contributed by atoms with E-state index in [0.29, 0.717) is 24.9 Å². The fraction of sp³-hybridized carbons (Fsp3) is 0.941. The Morgan fingerprint density at radius 1 is 0.947 bits per heavy atom. The van der Waals surface area contributed by atoms with Crippen LogP contribution >= 0.6 is 0 Å².